The van der Waals surface area contributed by atoms with Crippen LogP contribution in [0.5, 0.6) is 0 Å². The van der Waals surface area contributed by atoms with Gasteiger partial charge in [-0.05, 0) is 42.3 Å². The zero-order chi connectivity index (χ0) is 24.6. The maximum atomic E-state index is 13.6. The van der Waals surface area contributed by atoms with Gasteiger partial charge in [0.05, 0.1) is 32.1 Å². The quantitative estimate of drug-likeness (QED) is 0.453. The van der Waals surface area contributed by atoms with Gasteiger partial charge in [0.15, 0.2) is 0 Å². The van der Waals surface area contributed by atoms with Crippen LogP contribution < -0.4 is 10.9 Å². The van der Waals surface area contributed by atoms with Gasteiger partial charge in [0.2, 0.25) is 0 Å². The van der Waals surface area contributed by atoms with Crippen molar-refractivity contribution in [2.24, 2.45) is 0 Å². The van der Waals surface area contributed by atoms with Gasteiger partial charge in [0.1, 0.15) is 11.6 Å². The van der Waals surface area contributed by atoms with Crippen molar-refractivity contribution in [3.05, 3.63) is 82.1 Å². The molecule has 4 rings (SSSR count). The van der Waals surface area contributed by atoms with Crippen molar-refractivity contribution in [1.29, 1.82) is 0 Å². The maximum absolute atomic E-state index is 13.6. The number of carbonyl (C=O) groups excluding carboxylic acids is 1. The van der Waals surface area contributed by atoms with E-state index in [4.69, 9.17) is 9.47 Å². The van der Waals surface area contributed by atoms with E-state index >= 15 is 0 Å². The highest BCUT2D eigenvalue weighted by atomic mass is 35.5. The number of aromatic nitrogens is 2. The number of anilines is 1. The van der Waals surface area contributed by atoms with Crippen LogP contribution in [-0.4, -0.2) is 60.2 Å². The number of amides is 1. The van der Waals surface area contributed by atoms with Gasteiger partial charge >= 0.3 is 6.09 Å². The molecule has 1 aliphatic heterocycles. The summed E-state index contributed by atoms with van der Waals surface area (Å²) in [5.41, 5.74) is 1.33. The average Bonchev–Trinajstić information content (AvgIpc) is 2.83. The van der Waals surface area contributed by atoms with Crippen molar-refractivity contribution in [3.63, 3.8) is 0 Å². The van der Waals surface area contributed by atoms with Crippen LogP contribution in [0.3, 0.4) is 0 Å². The largest absolute Gasteiger partial charge is 0.449 e. The molecule has 0 radical (unpaired) electrons. The minimum atomic E-state index is -0.730. The maximum Gasteiger partial charge on any atom is 0.411 e. The number of nitrogens with zero attached hydrogens (tertiary/aromatic N) is 3. The van der Waals surface area contributed by atoms with Crippen molar-refractivity contribution in [3.8, 4) is 11.3 Å². The van der Waals surface area contributed by atoms with Gasteiger partial charge in [-0.15, -0.1) is 12.4 Å². The van der Waals surface area contributed by atoms with E-state index in [1.165, 1.54) is 16.8 Å². The molecule has 2 aromatic carbocycles. The Kier molecular flexibility index (Phi) is 9.92. The Balaban J connectivity index is 0.00000361. The molecule has 1 amide bonds. The number of benzene rings is 2. The molecule has 0 saturated carbocycles. The molecule has 2 heterocycles. The van der Waals surface area contributed by atoms with E-state index in [9.17, 15) is 18.4 Å². The molecule has 36 heavy (non-hydrogen) atoms. The predicted octanol–water partition coefficient (Wildman–Crippen LogP) is 3.93. The van der Waals surface area contributed by atoms with Gasteiger partial charge in [0, 0.05) is 43.0 Å². The lowest BCUT2D eigenvalue weighted by molar-refractivity contribution is 0.0348. The molecule has 0 aliphatic carbocycles. The van der Waals surface area contributed by atoms with Crippen LogP contribution in [-0.2, 0) is 16.0 Å². The van der Waals surface area contributed by atoms with Crippen molar-refractivity contribution in [1.82, 2.24) is 14.7 Å². The van der Waals surface area contributed by atoms with Gasteiger partial charge in [0.25, 0.3) is 5.56 Å². The Morgan fingerprint density at radius 3 is 2.56 bits per heavy atom. The number of halogens is 3. The summed E-state index contributed by atoms with van der Waals surface area (Å²) in [7, 11) is 0. The van der Waals surface area contributed by atoms with E-state index in [-0.39, 0.29) is 35.8 Å². The van der Waals surface area contributed by atoms with Crippen LogP contribution in [0.1, 0.15) is 12.0 Å². The molecule has 0 bridgehead atoms. The summed E-state index contributed by atoms with van der Waals surface area (Å²) in [6.45, 7) is 4.48. The number of hydrogen-bond donors (Lipinski definition) is 1. The summed E-state index contributed by atoms with van der Waals surface area (Å²) in [4.78, 5) is 26.7. The summed E-state index contributed by atoms with van der Waals surface area (Å²) in [6.07, 6.45) is 0.169. The first-order chi connectivity index (χ1) is 17.0. The second-order valence-corrected chi connectivity index (χ2v) is 8.14. The number of nitrogens with one attached hydrogen (secondary N) is 1. The lowest BCUT2D eigenvalue weighted by Crippen LogP contribution is -2.37. The number of morpholine rings is 1. The fraction of sp³-hybridized carbons (Fsp3) is 0.320. The minimum absolute atomic E-state index is 0. The first-order valence-electron chi connectivity index (χ1n) is 11.3. The SMILES string of the molecule is Cl.O=C(Nc1cccc(Cn2nc(-c3cc(F)cc(F)c3)ccc2=O)c1)OCCCN1CCOCC1. The first kappa shape index (κ1) is 27.3. The van der Waals surface area contributed by atoms with Crippen LogP contribution in [0.2, 0.25) is 0 Å². The molecule has 0 spiro atoms. The summed E-state index contributed by atoms with van der Waals surface area (Å²) in [6, 6.07) is 12.7. The fourth-order valence-electron chi connectivity index (χ4n) is 3.77. The van der Waals surface area contributed by atoms with E-state index in [0.29, 0.717) is 17.9 Å². The monoisotopic (exact) mass is 520 g/mol. The molecule has 1 aliphatic rings. The molecular weight excluding hydrogens is 494 g/mol. The molecule has 1 N–H and O–H groups in total. The molecule has 0 unspecified atom stereocenters. The first-order valence-corrected chi connectivity index (χ1v) is 11.3. The molecule has 1 saturated heterocycles. The van der Waals surface area contributed by atoms with Crippen LogP contribution in [0.15, 0.2) is 59.4 Å². The van der Waals surface area contributed by atoms with Crippen LogP contribution in [0, 0.1) is 11.6 Å². The fourth-order valence-corrected chi connectivity index (χ4v) is 3.77. The number of ether oxygens (including phenoxy) is 2. The van der Waals surface area contributed by atoms with Crippen LogP contribution in [0.25, 0.3) is 11.3 Å². The smallest absolute Gasteiger partial charge is 0.411 e. The summed E-state index contributed by atoms with van der Waals surface area (Å²) in [5, 5.41) is 6.93. The van der Waals surface area contributed by atoms with Crippen LogP contribution >= 0.6 is 12.4 Å². The molecule has 8 nitrogen and oxygen atoms in total. The third kappa shape index (κ3) is 7.84. The Morgan fingerprint density at radius 1 is 1.06 bits per heavy atom. The van der Waals surface area contributed by atoms with E-state index in [1.54, 1.807) is 24.3 Å². The molecule has 192 valence electrons. The number of hydrogen-bond acceptors (Lipinski definition) is 6. The van der Waals surface area contributed by atoms with E-state index < -0.39 is 17.7 Å². The van der Waals surface area contributed by atoms with Crippen molar-refractivity contribution < 1.29 is 23.0 Å². The van der Waals surface area contributed by atoms with Crippen molar-refractivity contribution in [2.75, 3.05) is 44.8 Å². The standard InChI is InChI=1S/C25H26F2N4O4.ClH/c26-20-14-19(15-21(27)16-20)23-5-6-24(32)31(29-23)17-18-3-1-4-22(13-18)28-25(33)35-10-2-7-30-8-11-34-12-9-30;/h1,3-6,13-16H,2,7-12,17H2,(H,28,33);1H. The summed E-state index contributed by atoms with van der Waals surface area (Å²) >= 11 is 0. The lowest BCUT2D eigenvalue weighted by atomic mass is 10.1. The van der Waals surface area contributed by atoms with E-state index in [0.717, 1.165) is 57.5 Å². The Hall–Kier alpha value is -3.34. The highest BCUT2D eigenvalue weighted by molar-refractivity contribution is 5.85. The summed E-state index contributed by atoms with van der Waals surface area (Å²) < 4.78 is 38.9. The second kappa shape index (κ2) is 13.1. The number of carbonyl (C=O) groups is 1. The van der Waals surface area contributed by atoms with Crippen molar-refractivity contribution >= 4 is 24.2 Å². The Labute approximate surface area is 213 Å². The van der Waals surface area contributed by atoms with Crippen LogP contribution in [0.4, 0.5) is 19.3 Å². The van der Waals surface area contributed by atoms with Gasteiger partial charge in [-0.2, -0.15) is 5.10 Å². The molecule has 3 aromatic rings. The van der Waals surface area contributed by atoms with Gasteiger partial charge < -0.3 is 9.47 Å². The molecular formula is C25H27ClF2N4O4. The van der Waals surface area contributed by atoms with Gasteiger partial charge in [-0.3, -0.25) is 15.0 Å². The van der Waals surface area contributed by atoms with E-state index in [1.807, 2.05) is 0 Å². The molecule has 0 atom stereocenters. The van der Waals surface area contributed by atoms with Gasteiger partial charge in [-0.1, -0.05) is 12.1 Å². The summed E-state index contributed by atoms with van der Waals surface area (Å²) in [5.74, 6) is -1.46. The molecule has 1 aromatic heterocycles. The van der Waals surface area contributed by atoms with Gasteiger partial charge in [-0.25, -0.2) is 18.3 Å². The Morgan fingerprint density at radius 2 is 1.81 bits per heavy atom. The van der Waals surface area contributed by atoms with Crippen molar-refractivity contribution in [2.45, 2.75) is 13.0 Å². The average molecular weight is 521 g/mol. The zero-order valence-electron chi connectivity index (χ0n) is 19.5. The highest BCUT2D eigenvalue weighted by Gasteiger charge is 2.11. The second-order valence-electron chi connectivity index (χ2n) is 8.14. The normalized spacial score (nSPS) is 13.6. The van der Waals surface area contributed by atoms with E-state index in [2.05, 4.69) is 15.3 Å². The highest BCUT2D eigenvalue weighted by Crippen LogP contribution is 2.19. The topological polar surface area (TPSA) is 85.7 Å². The third-order valence-electron chi connectivity index (χ3n) is 5.49. The lowest BCUT2D eigenvalue weighted by Gasteiger charge is -2.26. The minimum Gasteiger partial charge on any atom is -0.449 e. The zero-order valence-corrected chi connectivity index (χ0v) is 20.3. The number of rotatable bonds is 8. The third-order valence-corrected chi connectivity index (χ3v) is 5.49. The predicted molar refractivity (Wildman–Crippen MR) is 133 cm³/mol. The Bertz CT molecular complexity index is 1210. The molecule has 11 heteroatoms. The molecule has 1 fully saturated rings.